The number of guanidine groups is 1. The van der Waals surface area contributed by atoms with Crippen molar-refractivity contribution in [1.82, 2.24) is 15.6 Å². The number of nitrogens with one attached hydrogen (secondary N) is 2. The molecule has 2 rings (SSSR count). The van der Waals surface area contributed by atoms with E-state index in [0.717, 1.165) is 29.7 Å². The third-order valence-electron chi connectivity index (χ3n) is 3.30. The van der Waals surface area contributed by atoms with Crippen LogP contribution >= 0.6 is 35.3 Å². The lowest BCUT2D eigenvalue weighted by Crippen LogP contribution is -2.37. The van der Waals surface area contributed by atoms with Crippen molar-refractivity contribution in [3.8, 4) is 5.75 Å². The number of aryl methyl sites for hydroxylation is 1. The van der Waals surface area contributed by atoms with Crippen molar-refractivity contribution in [3.05, 3.63) is 45.9 Å². The molecular weight excluding hydrogens is 447 g/mol. The number of thiazole rings is 1. The van der Waals surface area contributed by atoms with Crippen LogP contribution in [0, 0.1) is 6.92 Å². The van der Waals surface area contributed by atoms with Gasteiger partial charge in [0.2, 0.25) is 0 Å². The maximum atomic E-state index is 5.66. The minimum Gasteiger partial charge on any atom is -0.491 e. The third kappa shape index (κ3) is 8.04. The number of hydrogen-bond acceptors (Lipinski definition) is 4. The first kappa shape index (κ1) is 21.7. The van der Waals surface area contributed by atoms with Crippen LogP contribution in [0.3, 0.4) is 0 Å². The van der Waals surface area contributed by atoms with Crippen molar-refractivity contribution in [2.24, 2.45) is 4.99 Å². The molecule has 0 unspecified atom stereocenters. The SMILES string of the molecule is CN=C(NCCc1ccc(OC(C)C)cc1)NCc1ncc(C)s1.I. The smallest absolute Gasteiger partial charge is 0.191 e. The zero-order valence-corrected chi connectivity index (χ0v) is 18.4. The summed E-state index contributed by atoms with van der Waals surface area (Å²) in [5, 5.41) is 7.68. The lowest BCUT2D eigenvalue weighted by Gasteiger charge is -2.12. The Labute approximate surface area is 171 Å². The number of nitrogens with zero attached hydrogens (tertiary/aromatic N) is 2. The molecule has 138 valence electrons. The summed E-state index contributed by atoms with van der Waals surface area (Å²) < 4.78 is 5.66. The number of aromatic nitrogens is 1. The molecule has 0 atom stereocenters. The molecule has 0 spiro atoms. The van der Waals surface area contributed by atoms with Crippen molar-refractivity contribution in [2.75, 3.05) is 13.6 Å². The van der Waals surface area contributed by atoms with Gasteiger partial charge in [-0.05, 0) is 44.9 Å². The second-order valence-electron chi connectivity index (χ2n) is 5.78. The highest BCUT2D eigenvalue weighted by Crippen LogP contribution is 2.14. The summed E-state index contributed by atoms with van der Waals surface area (Å²) in [5.74, 6) is 1.71. The van der Waals surface area contributed by atoms with Crippen LogP contribution in [0.4, 0.5) is 0 Å². The summed E-state index contributed by atoms with van der Waals surface area (Å²) in [6.45, 7) is 7.64. The molecule has 0 radical (unpaired) electrons. The lowest BCUT2D eigenvalue weighted by atomic mass is 10.1. The van der Waals surface area contributed by atoms with Crippen LogP contribution in [0.25, 0.3) is 0 Å². The Hall–Kier alpha value is -1.35. The average molecular weight is 474 g/mol. The van der Waals surface area contributed by atoms with Crippen LogP contribution in [0.15, 0.2) is 35.5 Å². The van der Waals surface area contributed by atoms with Crippen molar-refractivity contribution >= 4 is 41.3 Å². The molecule has 7 heteroatoms. The van der Waals surface area contributed by atoms with E-state index in [9.17, 15) is 0 Å². The molecule has 0 aliphatic rings. The van der Waals surface area contributed by atoms with Crippen molar-refractivity contribution in [2.45, 2.75) is 39.8 Å². The fourth-order valence-electron chi connectivity index (χ4n) is 2.20. The molecule has 5 nitrogen and oxygen atoms in total. The molecule has 2 aromatic rings. The van der Waals surface area contributed by atoms with E-state index in [-0.39, 0.29) is 30.1 Å². The lowest BCUT2D eigenvalue weighted by molar-refractivity contribution is 0.242. The average Bonchev–Trinajstić information content (AvgIpc) is 2.97. The number of halogens is 1. The second-order valence-corrected chi connectivity index (χ2v) is 7.10. The zero-order chi connectivity index (χ0) is 17.4. The molecule has 0 saturated heterocycles. The molecule has 1 aromatic carbocycles. The molecule has 0 aliphatic heterocycles. The summed E-state index contributed by atoms with van der Waals surface area (Å²) in [6.07, 6.45) is 3.03. The first-order valence-corrected chi connectivity index (χ1v) is 9.00. The highest BCUT2D eigenvalue weighted by molar-refractivity contribution is 14.0. The topological polar surface area (TPSA) is 58.5 Å². The van der Waals surface area contributed by atoms with Crippen molar-refractivity contribution in [3.63, 3.8) is 0 Å². The van der Waals surface area contributed by atoms with Gasteiger partial charge < -0.3 is 15.4 Å². The quantitative estimate of drug-likeness (QED) is 0.365. The fourth-order valence-corrected chi connectivity index (χ4v) is 2.92. The van der Waals surface area contributed by atoms with E-state index >= 15 is 0 Å². The van der Waals surface area contributed by atoms with Gasteiger partial charge in [0.25, 0.3) is 0 Å². The molecule has 0 saturated carbocycles. The first-order valence-electron chi connectivity index (χ1n) is 8.18. The van der Waals surface area contributed by atoms with Crippen molar-refractivity contribution in [1.29, 1.82) is 0 Å². The molecule has 0 bridgehead atoms. The van der Waals surface area contributed by atoms with Crippen LogP contribution in [-0.4, -0.2) is 30.6 Å². The van der Waals surface area contributed by atoms with Gasteiger partial charge in [0.1, 0.15) is 10.8 Å². The zero-order valence-electron chi connectivity index (χ0n) is 15.2. The van der Waals surface area contributed by atoms with E-state index in [1.54, 1.807) is 18.4 Å². The fraction of sp³-hybridized carbons (Fsp3) is 0.444. The van der Waals surface area contributed by atoms with Gasteiger partial charge in [0.05, 0.1) is 12.6 Å². The highest BCUT2D eigenvalue weighted by atomic mass is 127. The maximum Gasteiger partial charge on any atom is 0.191 e. The van der Waals surface area contributed by atoms with Gasteiger partial charge in [-0.25, -0.2) is 4.98 Å². The van der Waals surface area contributed by atoms with Gasteiger partial charge in [-0.3, -0.25) is 4.99 Å². The molecule has 2 N–H and O–H groups in total. The Morgan fingerprint density at radius 2 is 1.96 bits per heavy atom. The van der Waals surface area contributed by atoms with E-state index in [4.69, 9.17) is 4.74 Å². The first-order chi connectivity index (χ1) is 11.6. The Bertz CT molecular complexity index is 655. The molecule has 0 fully saturated rings. The van der Waals surface area contributed by atoms with Crippen LogP contribution in [0.1, 0.15) is 29.3 Å². The van der Waals surface area contributed by atoms with Crippen LogP contribution in [0.5, 0.6) is 5.75 Å². The van der Waals surface area contributed by atoms with Gasteiger partial charge in [-0.1, -0.05) is 12.1 Å². The Kier molecular flexibility index (Phi) is 9.81. The molecule has 1 aromatic heterocycles. The number of aliphatic imine (C=N–C) groups is 1. The van der Waals surface area contributed by atoms with Crippen LogP contribution in [0.2, 0.25) is 0 Å². The van der Waals surface area contributed by atoms with E-state index < -0.39 is 0 Å². The van der Waals surface area contributed by atoms with E-state index in [0.29, 0.717) is 6.54 Å². The predicted molar refractivity (Wildman–Crippen MR) is 116 cm³/mol. The number of ether oxygens (including phenoxy) is 1. The van der Waals surface area contributed by atoms with Crippen LogP contribution < -0.4 is 15.4 Å². The summed E-state index contributed by atoms with van der Waals surface area (Å²) in [7, 11) is 1.78. The second kappa shape index (κ2) is 11.3. The summed E-state index contributed by atoms with van der Waals surface area (Å²) >= 11 is 1.70. The van der Waals surface area contributed by atoms with Gasteiger partial charge >= 0.3 is 0 Å². The molecular formula is C18H27IN4OS. The van der Waals surface area contributed by atoms with E-state index in [1.165, 1.54) is 10.4 Å². The highest BCUT2D eigenvalue weighted by Gasteiger charge is 2.02. The van der Waals surface area contributed by atoms with Crippen molar-refractivity contribution < 1.29 is 4.74 Å². The van der Waals surface area contributed by atoms with Gasteiger partial charge in [0.15, 0.2) is 5.96 Å². The number of benzene rings is 1. The summed E-state index contributed by atoms with van der Waals surface area (Å²) in [6, 6.07) is 8.25. The Morgan fingerprint density at radius 3 is 2.52 bits per heavy atom. The largest absolute Gasteiger partial charge is 0.491 e. The minimum absolute atomic E-state index is 0. The monoisotopic (exact) mass is 474 g/mol. The molecule has 25 heavy (non-hydrogen) atoms. The number of rotatable bonds is 7. The number of hydrogen-bond donors (Lipinski definition) is 2. The minimum atomic E-state index is 0. The van der Waals surface area contributed by atoms with E-state index in [1.807, 2.05) is 32.2 Å². The summed E-state index contributed by atoms with van der Waals surface area (Å²) in [5.41, 5.74) is 1.27. The molecule has 0 aliphatic carbocycles. The normalized spacial score (nSPS) is 11.2. The Balaban J connectivity index is 0.00000312. The Morgan fingerprint density at radius 1 is 1.24 bits per heavy atom. The van der Waals surface area contributed by atoms with Gasteiger partial charge in [-0.15, -0.1) is 35.3 Å². The van der Waals surface area contributed by atoms with Gasteiger partial charge in [0, 0.05) is 24.7 Å². The predicted octanol–water partition coefficient (Wildman–Crippen LogP) is 3.76. The molecule has 1 heterocycles. The van der Waals surface area contributed by atoms with Crippen LogP contribution in [-0.2, 0) is 13.0 Å². The maximum absolute atomic E-state index is 5.66. The standard InChI is InChI=1S/C18H26N4OS.HI/c1-13(2)23-16-7-5-15(6-8-16)9-10-20-18(19-4)22-12-17-21-11-14(3)24-17;/h5-8,11,13H,9-10,12H2,1-4H3,(H2,19,20,22);1H. The van der Waals surface area contributed by atoms with Gasteiger partial charge in [-0.2, -0.15) is 0 Å². The summed E-state index contributed by atoms with van der Waals surface area (Å²) in [4.78, 5) is 9.80. The third-order valence-corrected chi connectivity index (χ3v) is 4.21. The van der Waals surface area contributed by atoms with E-state index in [2.05, 4.69) is 39.7 Å². The molecule has 0 amide bonds.